The van der Waals surface area contributed by atoms with E-state index in [0.717, 1.165) is 21.4 Å². The third-order valence-electron chi connectivity index (χ3n) is 3.75. The molecule has 0 unspecified atom stereocenters. The molecule has 24 heavy (non-hydrogen) atoms. The van der Waals surface area contributed by atoms with Gasteiger partial charge in [0.15, 0.2) is 0 Å². The fraction of sp³-hybridized carbons (Fsp3) is 0.250. The number of carbonyl (C=O) groups excluding carboxylic acids is 1. The number of hydrogen-bond acceptors (Lipinski definition) is 2. The topological polar surface area (TPSA) is 20.3 Å². The van der Waals surface area contributed by atoms with E-state index in [4.69, 9.17) is 0 Å². The largest absolute Gasteiger partial charge is 0.334 e. The van der Waals surface area contributed by atoms with Crippen molar-refractivity contribution in [2.75, 3.05) is 12.3 Å². The smallest absolute Gasteiger partial charge is 0.249 e. The molecule has 2 aromatic rings. The third kappa shape index (κ3) is 5.53. The molecule has 0 saturated carbocycles. The summed E-state index contributed by atoms with van der Waals surface area (Å²) in [6, 6.07) is 18.4. The van der Waals surface area contributed by atoms with Gasteiger partial charge >= 0.3 is 0 Å². The van der Waals surface area contributed by atoms with E-state index in [9.17, 15) is 4.79 Å². The second kappa shape index (κ2) is 9.70. The molecule has 0 N–H and O–H groups in total. The molecule has 4 heteroatoms. The summed E-state index contributed by atoms with van der Waals surface area (Å²) in [6.07, 6.45) is 1.87. The summed E-state index contributed by atoms with van der Waals surface area (Å²) in [5.41, 5.74) is 1.91. The molecule has 0 fully saturated rings. The van der Waals surface area contributed by atoms with Crippen molar-refractivity contribution >= 4 is 33.6 Å². The zero-order chi connectivity index (χ0) is 17.4. The summed E-state index contributed by atoms with van der Waals surface area (Å²) in [5, 5.41) is 0. The van der Waals surface area contributed by atoms with E-state index < -0.39 is 0 Å². The first kappa shape index (κ1) is 18.8. The summed E-state index contributed by atoms with van der Waals surface area (Å²) >= 11 is 5.35. The molecule has 0 radical (unpaired) electrons. The van der Waals surface area contributed by atoms with Gasteiger partial charge in [-0.15, -0.1) is 11.8 Å². The highest BCUT2D eigenvalue weighted by atomic mass is 79.9. The normalized spacial score (nSPS) is 11.4. The van der Waals surface area contributed by atoms with E-state index in [2.05, 4.69) is 34.1 Å². The van der Waals surface area contributed by atoms with Crippen molar-refractivity contribution in [3.8, 4) is 0 Å². The van der Waals surface area contributed by atoms with E-state index in [1.54, 1.807) is 11.8 Å². The Kier molecular flexibility index (Phi) is 7.60. The number of thioether (sulfide) groups is 1. The van der Waals surface area contributed by atoms with Gasteiger partial charge in [-0.25, -0.2) is 0 Å². The van der Waals surface area contributed by atoms with Gasteiger partial charge < -0.3 is 4.90 Å². The number of hydrogen-bond donors (Lipinski definition) is 0. The van der Waals surface area contributed by atoms with E-state index in [1.807, 2.05) is 61.2 Å². The molecule has 2 aromatic carbocycles. The van der Waals surface area contributed by atoms with E-state index >= 15 is 0 Å². The molecular weight excluding hydrogens is 382 g/mol. The van der Waals surface area contributed by atoms with E-state index in [-0.39, 0.29) is 5.91 Å². The zero-order valence-corrected chi connectivity index (χ0v) is 16.4. The molecule has 0 spiro atoms. The fourth-order valence-electron chi connectivity index (χ4n) is 2.25. The molecule has 0 aliphatic carbocycles. The molecule has 0 saturated heterocycles. The van der Waals surface area contributed by atoms with E-state index in [1.165, 1.54) is 4.90 Å². The van der Waals surface area contributed by atoms with Crippen LogP contribution in [0, 0.1) is 0 Å². The lowest BCUT2D eigenvalue weighted by molar-refractivity contribution is -0.127. The van der Waals surface area contributed by atoms with Crippen molar-refractivity contribution in [2.24, 2.45) is 0 Å². The van der Waals surface area contributed by atoms with Gasteiger partial charge in [0.05, 0.1) is 0 Å². The predicted molar refractivity (Wildman–Crippen MR) is 106 cm³/mol. The van der Waals surface area contributed by atoms with E-state index in [0.29, 0.717) is 13.1 Å². The van der Waals surface area contributed by atoms with Gasteiger partial charge in [0.25, 0.3) is 0 Å². The Balaban J connectivity index is 2.05. The first-order valence-electron chi connectivity index (χ1n) is 7.95. The van der Waals surface area contributed by atoms with Crippen molar-refractivity contribution in [1.82, 2.24) is 4.90 Å². The molecule has 0 aliphatic heterocycles. The maximum atomic E-state index is 12.7. The summed E-state index contributed by atoms with van der Waals surface area (Å²) in [7, 11) is 0. The number of rotatable bonds is 7. The minimum Gasteiger partial charge on any atom is -0.334 e. The lowest BCUT2D eigenvalue weighted by atomic mass is 10.2. The lowest BCUT2D eigenvalue weighted by Gasteiger charge is -2.23. The van der Waals surface area contributed by atoms with Crippen molar-refractivity contribution in [3.05, 3.63) is 76.3 Å². The summed E-state index contributed by atoms with van der Waals surface area (Å²) in [6.45, 7) is 5.11. The number of amides is 1. The van der Waals surface area contributed by atoms with Crippen LogP contribution in [0.1, 0.15) is 19.4 Å². The average molecular weight is 404 g/mol. The van der Waals surface area contributed by atoms with Gasteiger partial charge in [-0.05, 0) is 37.6 Å². The molecule has 0 heterocycles. The zero-order valence-electron chi connectivity index (χ0n) is 14.0. The van der Waals surface area contributed by atoms with Crippen LogP contribution in [0.4, 0.5) is 0 Å². The van der Waals surface area contributed by atoms with Gasteiger partial charge in [-0.2, -0.15) is 0 Å². The highest BCUT2D eigenvalue weighted by Crippen LogP contribution is 2.21. The molecule has 0 aromatic heterocycles. The van der Waals surface area contributed by atoms with Gasteiger partial charge in [0, 0.05) is 33.8 Å². The molecule has 0 aliphatic rings. The van der Waals surface area contributed by atoms with Crippen LogP contribution in [0.25, 0.3) is 0 Å². The number of allylic oxidation sites excluding steroid dienone is 1. The second-order valence-electron chi connectivity index (χ2n) is 5.45. The van der Waals surface area contributed by atoms with Crippen molar-refractivity contribution in [1.29, 1.82) is 0 Å². The number of halogens is 1. The molecule has 126 valence electrons. The summed E-state index contributed by atoms with van der Waals surface area (Å²) in [5.74, 6) is 0.971. The fourth-order valence-corrected chi connectivity index (χ4v) is 3.56. The molecule has 2 nitrogen and oxygen atoms in total. The van der Waals surface area contributed by atoms with Crippen LogP contribution in [0.5, 0.6) is 0 Å². The predicted octanol–water partition coefficient (Wildman–Crippen LogP) is 5.54. The number of nitrogens with zero attached hydrogens (tertiary/aromatic N) is 1. The maximum absolute atomic E-state index is 12.7. The monoisotopic (exact) mass is 403 g/mol. The minimum absolute atomic E-state index is 0.0990. The Hall–Kier alpha value is -1.52. The van der Waals surface area contributed by atoms with Gasteiger partial charge in [-0.1, -0.05) is 58.4 Å². The number of carbonyl (C=O) groups is 1. The van der Waals surface area contributed by atoms with Crippen LogP contribution in [-0.2, 0) is 11.3 Å². The highest BCUT2D eigenvalue weighted by molar-refractivity contribution is 9.10. The Morgan fingerprint density at radius 2 is 1.79 bits per heavy atom. The van der Waals surface area contributed by atoms with Crippen LogP contribution in [-0.4, -0.2) is 23.1 Å². The number of benzene rings is 2. The lowest BCUT2D eigenvalue weighted by Crippen LogP contribution is -2.33. The Labute approximate surface area is 157 Å². The third-order valence-corrected chi connectivity index (χ3v) is 5.52. The van der Waals surface area contributed by atoms with Gasteiger partial charge in [0.2, 0.25) is 5.91 Å². The SMILES string of the molecule is C/C=C(\C)C(=O)N(CCSc1ccccc1)Cc1ccccc1Br. The van der Waals surface area contributed by atoms with Crippen molar-refractivity contribution in [3.63, 3.8) is 0 Å². The molecule has 0 bridgehead atoms. The van der Waals surface area contributed by atoms with Crippen LogP contribution in [0.15, 0.2) is 75.6 Å². The maximum Gasteiger partial charge on any atom is 0.249 e. The molecule has 0 atom stereocenters. The van der Waals surface area contributed by atoms with Crippen LogP contribution < -0.4 is 0 Å². The Morgan fingerprint density at radius 1 is 1.12 bits per heavy atom. The Bertz CT molecular complexity index is 700. The standard InChI is InChI=1S/C20H22BrNOS/c1-3-16(2)20(23)22(15-17-9-7-8-12-19(17)21)13-14-24-18-10-5-4-6-11-18/h3-12H,13-15H2,1-2H3/b16-3+. The van der Waals surface area contributed by atoms with Crippen molar-refractivity contribution < 1.29 is 4.79 Å². The molecule has 1 amide bonds. The first-order chi connectivity index (χ1) is 11.6. The van der Waals surface area contributed by atoms with Crippen LogP contribution in [0.2, 0.25) is 0 Å². The van der Waals surface area contributed by atoms with Gasteiger partial charge in [0.1, 0.15) is 0 Å². The second-order valence-corrected chi connectivity index (χ2v) is 7.47. The highest BCUT2D eigenvalue weighted by Gasteiger charge is 2.16. The van der Waals surface area contributed by atoms with Crippen LogP contribution in [0.3, 0.4) is 0 Å². The minimum atomic E-state index is 0.0990. The molecular formula is C20H22BrNOS. The summed E-state index contributed by atoms with van der Waals surface area (Å²) in [4.78, 5) is 15.8. The summed E-state index contributed by atoms with van der Waals surface area (Å²) < 4.78 is 1.04. The quantitative estimate of drug-likeness (QED) is 0.446. The van der Waals surface area contributed by atoms with Gasteiger partial charge in [-0.3, -0.25) is 4.79 Å². The molecule has 2 rings (SSSR count). The first-order valence-corrected chi connectivity index (χ1v) is 9.73. The van der Waals surface area contributed by atoms with Crippen molar-refractivity contribution in [2.45, 2.75) is 25.3 Å². The Morgan fingerprint density at radius 3 is 2.46 bits per heavy atom. The van der Waals surface area contributed by atoms with Crippen LogP contribution >= 0.6 is 27.7 Å². The average Bonchev–Trinajstić information content (AvgIpc) is 2.62.